The van der Waals surface area contributed by atoms with Crippen molar-refractivity contribution in [2.45, 2.75) is 65.2 Å². The van der Waals surface area contributed by atoms with Gasteiger partial charge in [-0.05, 0) is 82.1 Å². The number of nitrogens with zero attached hydrogens (tertiary/aromatic N) is 4. The van der Waals surface area contributed by atoms with Gasteiger partial charge in [-0.15, -0.1) is 0 Å². The van der Waals surface area contributed by atoms with Crippen molar-refractivity contribution in [1.82, 2.24) is 19.1 Å². The summed E-state index contributed by atoms with van der Waals surface area (Å²) < 4.78 is 4.94. The van der Waals surface area contributed by atoms with Crippen molar-refractivity contribution in [3.8, 4) is 11.4 Å². The first-order valence-electron chi connectivity index (χ1n) is 21.8. The predicted molar refractivity (Wildman–Crippen MR) is 261 cm³/mol. The standard InChI is InChI=1S/C56H52N4Si/c1-7-55(3,4)53-35-51-47(37-57-53)45-31-29-43(33-49(45)59(51)39-21-13-9-14-22-39)61(41-25-17-11-18-26-41,42-27-19-12-20-28-42)44-30-32-46-48-38-58-54(56(5,6)8-2)36-52(48)60(50(46)34-44)40-23-15-10-16-24-40/h9-38H,7-8H2,1-6H3. The molecule has 6 aromatic carbocycles. The van der Waals surface area contributed by atoms with Crippen LogP contribution in [-0.4, -0.2) is 27.2 Å². The van der Waals surface area contributed by atoms with E-state index in [1.807, 2.05) is 0 Å². The maximum absolute atomic E-state index is 5.11. The van der Waals surface area contributed by atoms with Crippen LogP contribution in [0.4, 0.5) is 0 Å². The van der Waals surface area contributed by atoms with E-state index in [1.54, 1.807) is 0 Å². The Labute approximate surface area is 360 Å². The van der Waals surface area contributed by atoms with Gasteiger partial charge in [0.15, 0.2) is 8.07 Å². The van der Waals surface area contributed by atoms with Gasteiger partial charge in [0, 0.05) is 67.5 Å². The normalized spacial score (nSPS) is 12.6. The Bertz CT molecular complexity index is 2980. The summed E-state index contributed by atoms with van der Waals surface area (Å²) in [6.07, 6.45) is 6.23. The number of pyridine rings is 2. The van der Waals surface area contributed by atoms with Gasteiger partial charge in [-0.1, -0.05) is 163 Å². The fraction of sp³-hybridized carbons (Fsp3) is 0.179. The SMILES string of the molecule is CCC(C)(C)c1cc2c(cn1)c1ccc([Si](c3ccccc3)(c3ccccc3)c3ccc4c5cnc(C(C)(C)CC)cc5n(-c5ccccc5)c4c3)cc1n2-c1ccccc1. The topological polar surface area (TPSA) is 35.6 Å². The summed E-state index contributed by atoms with van der Waals surface area (Å²) in [6, 6.07) is 63.6. The van der Waals surface area contributed by atoms with Crippen LogP contribution in [0.2, 0.25) is 0 Å². The second kappa shape index (κ2) is 14.9. The number of benzene rings is 6. The van der Waals surface area contributed by atoms with Crippen LogP contribution in [0.25, 0.3) is 55.0 Å². The van der Waals surface area contributed by atoms with Crippen molar-refractivity contribution in [3.63, 3.8) is 0 Å². The Balaban J connectivity index is 1.33. The van der Waals surface area contributed by atoms with Crippen molar-refractivity contribution in [3.05, 3.63) is 194 Å². The molecule has 0 fully saturated rings. The van der Waals surface area contributed by atoms with Crippen LogP contribution < -0.4 is 20.7 Å². The third kappa shape index (κ3) is 6.16. The Morgan fingerprint density at radius 2 is 0.738 bits per heavy atom. The molecule has 0 N–H and O–H groups in total. The highest BCUT2D eigenvalue weighted by Crippen LogP contribution is 2.37. The molecule has 4 aromatic heterocycles. The minimum absolute atomic E-state index is 0.0509. The van der Waals surface area contributed by atoms with Crippen molar-refractivity contribution in [2.75, 3.05) is 0 Å². The van der Waals surface area contributed by atoms with Crippen LogP contribution in [0.1, 0.15) is 65.8 Å². The first-order chi connectivity index (χ1) is 29.7. The van der Waals surface area contributed by atoms with E-state index in [1.165, 1.54) is 64.4 Å². The molecule has 0 saturated carbocycles. The molecule has 4 heterocycles. The fourth-order valence-corrected chi connectivity index (χ4v) is 14.2. The first-order valence-corrected chi connectivity index (χ1v) is 23.8. The van der Waals surface area contributed by atoms with E-state index in [0.717, 1.165) is 35.6 Å². The molecule has 0 bridgehead atoms. The van der Waals surface area contributed by atoms with Gasteiger partial charge in [0.2, 0.25) is 0 Å². The predicted octanol–water partition coefficient (Wildman–Crippen LogP) is 11.4. The number of para-hydroxylation sites is 2. The maximum Gasteiger partial charge on any atom is 0.179 e. The molecular formula is C56H52N4Si. The summed E-state index contributed by atoms with van der Waals surface area (Å²) in [5, 5.41) is 10.1. The van der Waals surface area contributed by atoms with Crippen LogP contribution in [0.3, 0.4) is 0 Å². The molecule has 0 saturated heterocycles. The minimum Gasteiger partial charge on any atom is -0.309 e. The Morgan fingerprint density at radius 1 is 0.393 bits per heavy atom. The van der Waals surface area contributed by atoms with Gasteiger partial charge in [-0.25, -0.2) is 0 Å². The number of hydrogen-bond donors (Lipinski definition) is 0. The number of aromatic nitrogens is 4. The van der Waals surface area contributed by atoms with E-state index in [4.69, 9.17) is 9.97 Å². The molecule has 10 aromatic rings. The first kappa shape index (κ1) is 38.6. The molecule has 0 spiro atoms. The second-order valence-electron chi connectivity index (χ2n) is 17.9. The van der Waals surface area contributed by atoms with E-state index >= 15 is 0 Å². The molecule has 0 aliphatic carbocycles. The van der Waals surface area contributed by atoms with E-state index in [9.17, 15) is 0 Å². The van der Waals surface area contributed by atoms with E-state index in [2.05, 4.69) is 233 Å². The van der Waals surface area contributed by atoms with Gasteiger partial charge in [0.25, 0.3) is 0 Å². The summed E-state index contributed by atoms with van der Waals surface area (Å²) in [6.45, 7) is 13.7. The molecule has 0 radical (unpaired) electrons. The van der Waals surface area contributed by atoms with Gasteiger partial charge in [-0.3, -0.25) is 9.97 Å². The molecule has 61 heavy (non-hydrogen) atoms. The lowest BCUT2D eigenvalue weighted by molar-refractivity contribution is 0.491. The molecular weight excluding hydrogens is 757 g/mol. The Morgan fingerprint density at radius 3 is 1.10 bits per heavy atom. The smallest absolute Gasteiger partial charge is 0.179 e. The average molecular weight is 809 g/mol. The molecule has 0 unspecified atom stereocenters. The molecule has 4 nitrogen and oxygen atoms in total. The summed E-state index contributed by atoms with van der Waals surface area (Å²) in [5.74, 6) is 0. The minimum atomic E-state index is -3.03. The molecule has 0 amide bonds. The van der Waals surface area contributed by atoms with E-state index in [-0.39, 0.29) is 10.8 Å². The monoisotopic (exact) mass is 808 g/mol. The lowest BCUT2D eigenvalue weighted by Gasteiger charge is -2.34. The molecule has 0 aliphatic rings. The Kier molecular flexibility index (Phi) is 9.41. The Hall–Kier alpha value is -6.56. The van der Waals surface area contributed by atoms with Crippen LogP contribution in [-0.2, 0) is 10.8 Å². The second-order valence-corrected chi connectivity index (χ2v) is 21.7. The third-order valence-corrected chi connectivity index (χ3v) is 18.5. The number of rotatable bonds is 10. The van der Waals surface area contributed by atoms with Gasteiger partial charge in [0.1, 0.15) is 0 Å². The summed E-state index contributed by atoms with van der Waals surface area (Å²) in [7, 11) is -3.03. The fourth-order valence-electron chi connectivity index (χ4n) is 9.48. The van der Waals surface area contributed by atoms with Crippen molar-refractivity contribution >= 4 is 72.4 Å². The highest BCUT2D eigenvalue weighted by molar-refractivity contribution is 7.20. The number of fused-ring (bicyclic) bond motifs is 6. The highest BCUT2D eigenvalue weighted by atomic mass is 28.3. The van der Waals surface area contributed by atoms with E-state index < -0.39 is 8.07 Å². The van der Waals surface area contributed by atoms with Gasteiger partial charge < -0.3 is 9.13 Å². The summed E-state index contributed by atoms with van der Waals surface area (Å²) in [4.78, 5) is 10.2. The van der Waals surface area contributed by atoms with Crippen LogP contribution in [0, 0.1) is 0 Å². The lowest BCUT2D eigenvalue weighted by atomic mass is 9.86. The molecule has 300 valence electrons. The van der Waals surface area contributed by atoms with Gasteiger partial charge >= 0.3 is 0 Å². The zero-order chi connectivity index (χ0) is 41.9. The van der Waals surface area contributed by atoms with Gasteiger partial charge in [0.05, 0.1) is 22.1 Å². The molecule has 5 heteroatoms. The summed E-state index contributed by atoms with van der Waals surface area (Å²) >= 11 is 0. The molecule has 0 atom stereocenters. The van der Waals surface area contributed by atoms with E-state index in [0.29, 0.717) is 0 Å². The zero-order valence-electron chi connectivity index (χ0n) is 36.0. The molecule has 0 aliphatic heterocycles. The van der Waals surface area contributed by atoms with Crippen LogP contribution in [0.5, 0.6) is 0 Å². The third-order valence-electron chi connectivity index (χ3n) is 13.8. The van der Waals surface area contributed by atoms with Crippen molar-refractivity contribution < 1.29 is 0 Å². The summed E-state index contributed by atoms with van der Waals surface area (Å²) in [5.41, 5.74) is 9.16. The highest BCUT2D eigenvalue weighted by Gasteiger charge is 2.42. The number of hydrogen-bond acceptors (Lipinski definition) is 2. The molecule has 10 rings (SSSR count). The van der Waals surface area contributed by atoms with Crippen LogP contribution >= 0.6 is 0 Å². The van der Waals surface area contributed by atoms with Crippen LogP contribution in [0.15, 0.2) is 182 Å². The zero-order valence-corrected chi connectivity index (χ0v) is 37.0. The van der Waals surface area contributed by atoms with Gasteiger partial charge in [-0.2, -0.15) is 0 Å². The quantitative estimate of drug-likeness (QED) is 0.102. The lowest BCUT2D eigenvalue weighted by Crippen LogP contribution is -2.74. The largest absolute Gasteiger partial charge is 0.309 e. The average Bonchev–Trinajstić information content (AvgIpc) is 3.82. The maximum atomic E-state index is 5.11. The van der Waals surface area contributed by atoms with Crippen molar-refractivity contribution in [2.24, 2.45) is 0 Å². The van der Waals surface area contributed by atoms with Crippen molar-refractivity contribution in [1.29, 1.82) is 0 Å².